The molecule has 7 nitrogen and oxygen atoms in total. The van der Waals surface area contributed by atoms with Crippen LogP contribution in [0.4, 0.5) is 5.69 Å². The first-order valence-corrected chi connectivity index (χ1v) is 11.9. The molecule has 0 unspecified atom stereocenters. The number of benzene rings is 2. The molecule has 7 heteroatoms. The fraction of sp³-hybridized carbons (Fsp3) is 0.423. The van der Waals surface area contributed by atoms with Gasteiger partial charge in [-0.2, -0.15) is 0 Å². The van der Waals surface area contributed by atoms with E-state index in [0.29, 0.717) is 31.7 Å². The monoisotopic (exact) mass is 446 g/mol. The standard InChI is InChI=1S/C26H30N4O3/c31-23(19-7-8-19)29-22-4-1-3-21(17-22)18-5-9-20(10-6-18)24(32)30-15-13-27-25(33)26(11-2-12-26)28-14-16-30/h1,3-6,9-10,17,19,28H,2,7-8,11-16H2,(H,27,33)(H,29,31). The van der Waals surface area contributed by atoms with E-state index >= 15 is 0 Å². The highest BCUT2D eigenvalue weighted by Gasteiger charge is 2.43. The maximum Gasteiger partial charge on any atom is 0.253 e. The van der Waals surface area contributed by atoms with E-state index in [1.165, 1.54) is 0 Å². The van der Waals surface area contributed by atoms with Crippen molar-refractivity contribution in [1.29, 1.82) is 0 Å². The van der Waals surface area contributed by atoms with E-state index in [2.05, 4.69) is 16.0 Å². The van der Waals surface area contributed by atoms with Crippen molar-refractivity contribution in [3.8, 4) is 11.1 Å². The average molecular weight is 447 g/mol. The molecule has 3 amide bonds. The summed E-state index contributed by atoms with van der Waals surface area (Å²) in [5.74, 6) is 0.274. The van der Waals surface area contributed by atoms with Crippen LogP contribution in [-0.4, -0.2) is 54.3 Å². The molecule has 172 valence electrons. The van der Waals surface area contributed by atoms with Crippen molar-refractivity contribution in [3.05, 3.63) is 54.1 Å². The maximum atomic E-state index is 13.1. The predicted molar refractivity (Wildman–Crippen MR) is 127 cm³/mol. The van der Waals surface area contributed by atoms with Gasteiger partial charge in [0.1, 0.15) is 0 Å². The topological polar surface area (TPSA) is 90.5 Å². The summed E-state index contributed by atoms with van der Waals surface area (Å²) >= 11 is 0. The van der Waals surface area contributed by atoms with Crippen LogP contribution in [0.25, 0.3) is 11.1 Å². The molecule has 1 heterocycles. The number of carbonyl (C=O) groups excluding carboxylic acids is 3. The zero-order chi connectivity index (χ0) is 22.8. The Kier molecular flexibility index (Phi) is 5.89. The van der Waals surface area contributed by atoms with Gasteiger partial charge in [0.2, 0.25) is 11.8 Å². The van der Waals surface area contributed by atoms with Crippen LogP contribution < -0.4 is 16.0 Å². The molecule has 1 aliphatic heterocycles. The minimum atomic E-state index is -0.437. The Bertz CT molecular complexity index is 1060. The third kappa shape index (κ3) is 4.64. The van der Waals surface area contributed by atoms with Gasteiger partial charge in [-0.25, -0.2) is 0 Å². The van der Waals surface area contributed by atoms with E-state index in [-0.39, 0.29) is 23.6 Å². The molecule has 3 N–H and O–H groups in total. The first-order valence-electron chi connectivity index (χ1n) is 11.9. The summed E-state index contributed by atoms with van der Waals surface area (Å²) in [6.45, 7) is 2.13. The van der Waals surface area contributed by atoms with Gasteiger partial charge in [-0.15, -0.1) is 0 Å². The Morgan fingerprint density at radius 3 is 2.42 bits per heavy atom. The summed E-state index contributed by atoms with van der Waals surface area (Å²) in [5.41, 5.74) is 2.95. The van der Waals surface area contributed by atoms with Crippen LogP contribution in [0.15, 0.2) is 48.5 Å². The van der Waals surface area contributed by atoms with E-state index in [1.54, 1.807) is 4.90 Å². The summed E-state index contributed by atoms with van der Waals surface area (Å²) in [5, 5.41) is 9.36. The number of amides is 3. The lowest BCUT2D eigenvalue weighted by atomic mass is 9.76. The van der Waals surface area contributed by atoms with Crippen molar-refractivity contribution in [3.63, 3.8) is 0 Å². The van der Waals surface area contributed by atoms with Crippen molar-refractivity contribution in [2.75, 3.05) is 31.5 Å². The maximum absolute atomic E-state index is 13.1. The number of hydrogen-bond acceptors (Lipinski definition) is 4. The van der Waals surface area contributed by atoms with Gasteiger partial charge in [0.15, 0.2) is 0 Å². The highest BCUT2D eigenvalue weighted by atomic mass is 16.2. The second-order valence-electron chi connectivity index (χ2n) is 9.33. The van der Waals surface area contributed by atoms with E-state index in [9.17, 15) is 14.4 Å². The molecule has 5 rings (SSSR count). The second-order valence-corrected chi connectivity index (χ2v) is 9.33. The van der Waals surface area contributed by atoms with Gasteiger partial charge >= 0.3 is 0 Å². The fourth-order valence-electron chi connectivity index (χ4n) is 4.59. The van der Waals surface area contributed by atoms with E-state index in [0.717, 1.165) is 48.9 Å². The van der Waals surface area contributed by atoms with Crippen molar-refractivity contribution < 1.29 is 14.4 Å². The number of anilines is 1. The summed E-state index contributed by atoms with van der Waals surface area (Å²) in [4.78, 5) is 39.4. The molecule has 3 fully saturated rings. The lowest BCUT2D eigenvalue weighted by molar-refractivity contribution is -0.130. The molecule has 3 aliphatic rings. The summed E-state index contributed by atoms with van der Waals surface area (Å²) in [7, 11) is 0. The summed E-state index contributed by atoms with van der Waals surface area (Å²) < 4.78 is 0. The van der Waals surface area contributed by atoms with Gasteiger partial charge in [0, 0.05) is 43.3 Å². The molecule has 2 aromatic rings. The number of hydrogen-bond donors (Lipinski definition) is 3. The van der Waals surface area contributed by atoms with E-state index in [4.69, 9.17) is 0 Å². The zero-order valence-corrected chi connectivity index (χ0v) is 18.7. The Labute approximate surface area is 193 Å². The SMILES string of the molecule is O=C(Nc1cccc(-c2ccc(C(=O)N3CCNC(=O)C4(CCC4)NCC3)cc2)c1)C1CC1. The van der Waals surface area contributed by atoms with Gasteiger partial charge in [-0.3, -0.25) is 14.4 Å². The van der Waals surface area contributed by atoms with Crippen molar-refractivity contribution >= 4 is 23.4 Å². The third-order valence-electron chi connectivity index (χ3n) is 6.98. The molecule has 0 atom stereocenters. The lowest BCUT2D eigenvalue weighted by Crippen LogP contribution is -2.61. The Balaban J connectivity index is 1.24. The molecule has 33 heavy (non-hydrogen) atoms. The van der Waals surface area contributed by atoms with Crippen LogP contribution in [-0.2, 0) is 9.59 Å². The zero-order valence-electron chi connectivity index (χ0n) is 18.7. The van der Waals surface area contributed by atoms with Crippen LogP contribution in [0, 0.1) is 5.92 Å². The van der Waals surface area contributed by atoms with Crippen LogP contribution in [0.3, 0.4) is 0 Å². The smallest absolute Gasteiger partial charge is 0.253 e. The minimum absolute atomic E-state index is 0.0346. The molecule has 0 radical (unpaired) electrons. The molecule has 2 aromatic carbocycles. The molecule has 0 bridgehead atoms. The summed E-state index contributed by atoms with van der Waals surface area (Å²) in [6.07, 6.45) is 4.73. The molecule has 1 spiro atoms. The Morgan fingerprint density at radius 2 is 1.73 bits per heavy atom. The molecular weight excluding hydrogens is 416 g/mol. The first-order chi connectivity index (χ1) is 16.0. The molecule has 2 aliphatic carbocycles. The highest BCUT2D eigenvalue weighted by Crippen LogP contribution is 2.32. The van der Waals surface area contributed by atoms with Crippen LogP contribution >= 0.6 is 0 Å². The van der Waals surface area contributed by atoms with Crippen LogP contribution in [0.1, 0.15) is 42.5 Å². The van der Waals surface area contributed by atoms with Gasteiger partial charge in [-0.1, -0.05) is 24.3 Å². The molecule has 0 aromatic heterocycles. The fourth-order valence-corrected chi connectivity index (χ4v) is 4.59. The van der Waals surface area contributed by atoms with Crippen molar-refractivity contribution in [2.24, 2.45) is 5.92 Å². The van der Waals surface area contributed by atoms with Gasteiger partial charge < -0.3 is 20.9 Å². The van der Waals surface area contributed by atoms with Crippen molar-refractivity contribution in [2.45, 2.75) is 37.6 Å². The van der Waals surface area contributed by atoms with E-state index < -0.39 is 5.54 Å². The first kappa shape index (κ1) is 21.6. The molecule has 1 saturated heterocycles. The number of rotatable bonds is 4. The number of nitrogens with one attached hydrogen (secondary N) is 3. The Hall–Kier alpha value is -3.19. The average Bonchev–Trinajstić information content (AvgIpc) is 3.64. The quantitative estimate of drug-likeness (QED) is 0.674. The van der Waals surface area contributed by atoms with Crippen molar-refractivity contribution in [1.82, 2.24) is 15.5 Å². The summed E-state index contributed by atoms with van der Waals surface area (Å²) in [6, 6.07) is 15.4. The number of nitrogens with zero attached hydrogens (tertiary/aromatic N) is 1. The van der Waals surface area contributed by atoms with Crippen LogP contribution in [0.5, 0.6) is 0 Å². The second kappa shape index (κ2) is 8.98. The predicted octanol–water partition coefficient (Wildman–Crippen LogP) is 2.79. The van der Waals surface area contributed by atoms with Gasteiger partial charge in [-0.05, 0) is 67.5 Å². The third-order valence-corrected chi connectivity index (χ3v) is 6.98. The minimum Gasteiger partial charge on any atom is -0.353 e. The highest BCUT2D eigenvalue weighted by molar-refractivity contribution is 5.96. The lowest BCUT2D eigenvalue weighted by Gasteiger charge is -2.40. The largest absolute Gasteiger partial charge is 0.353 e. The number of carbonyl (C=O) groups is 3. The molecule has 2 saturated carbocycles. The van der Waals surface area contributed by atoms with Crippen LogP contribution in [0.2, 0.25) is 0 Å². The molecular formula is C26H30N4O3. The normalized spacial score (nSPS) is 20.1. The van der Waals surface area contributed by atoms with Gasteiger partial charge in [0.05, 0.1) is 5.54 Å². The van der Waals surface area contributed by atoms with E-state index in [1.807, 2.05) is 48.5 Å². The Morgan fingerprint density at radius 1 is 0.970 bits per heavy atom. The van der Waals surface area contributed by atoms with Gasteiger partial charge in [0.25, 0.3) is 5.91 Å².